The SMILES string of the molecule is C.C[C@@H]1C(=O)OC2[C@H](OC(=S)Oc3ccccc3)C34C5OC(=O)[C@]3(OC3OC(=O)[C@H](O)C34[C@H](C(C)(C)C)[C@H]5O)[C@]21O. The Bertz CT molecular complexity index is 1360. The molecule has 12 nitrogen and oxygen atoms in total. The van der Waals surface area contributed by atoms with Gasteiger partial charge in [-0.3, -0.25) is 4.79 Å². The number of ether oxygens (including phenoxy) is 6. The molecule has 1 aromatic carbocycles. The minimum atomic E-state index is -2.44. The van der Waals surface area contributed by atoms with Gasteiger partial charge in [-0.15, -0.1) is 0 Å². The number of esters is 3. The van der Waals surface area contributed by atoms with Gasteiger partial charge in [-0.25, -0.2) is 9.59 Å². The fourth-order valence-corrected chi connectivity index (χ4v) is 9.30. The van der Waals surface area contributed by atoms with Crippen LogP contribution in [0.3, 0.4) is 0 Å². The highest BCUT2D eigenvalue weighted by molar-refractivity contribution is 7.79. The summed E-state index contributed by atoms with van der Waals surface area (Å²) >= 11 is 5.42. The summed E-state index contributed by atoms with van der Waals surface area (Å²) in [6.07, 6.45) is -9.62. The number of aliphatic hydroxyl groups is 3. The van der Waals surface area contributed by atoms with Crippen molar-refractivity contribution in [3.05, 3.63) is 30.3 Å². The number of carbonyl (C=O) groups is 3. The third-order valence-corrected chi connectivity index (χ3v) is 10.3. The van der Waals surface area contributed by atoms with E-state index in [1.807, 2.05) is 0 Å². The van der Waals surface area contributed by atoms with Crippen LogP contribution in [0.1, 0.15) is 35.1 Å². The van der Waals surface area contributed by atoms with Gasteiger partial charge in [-0.2, -0.15) is 0 Å². The van der Waals surface area contributed by atoms with Gasteiger partial charge in [-0.1, -0.05) is 46.4 Å². The Morgan fingerprint density at radius 2 is 1.66 bits per heavy atom. The quantitative estimate of drug-likeness (QED) is 0.249. The van der Waals surface area contributed by atoms with Gasteiger partial charge >= 0.3 is 23.1 Å². The predicted octanol–water partition coefficient (Wildman–Crippen LogP) is 0.626. The molecule has 41 heavy (non-hydrogen) atoms. The number of thiocarbonyl (C=S) groups is 1. The molecule has 222 valence electrons. The van der Waals surface area contributed by atoms with Crippen LogP contribution < -0.4 is 4.74 Å². The van der Waals surface area contributed by atoms with E-state index in [1.165, 1.54) is 6.92 Å². The first-order chi connectivity index (χ1) is 18.7. The van der Waals surface area contributed by atoms with E-state index in [0.717, 1.165) is 0 Å². The summed E-state index contributed by atoms with van der Waals surface area (Å²) in [4.78, 5) is 39.9. The van der Waals surface area contributed by atoms with Crippen molar-refractivity contribution in [2.45, 2.75) is 83.1 Å². The lowest BCUT2D eigenvalue weighted by atomic mass is 9.51. The molecule has 0 radical (unpaired) electrons. The monoisotopic (exact) mass is 592 g/mol. The van der Waals surface area contributed by atoms with Gasteiger partial charge in [0.05, 0.1) is 17.4 Å². The Labute approximate surface area is 240 Å². The number of aliphatic hydroxyl groups excluding tert-OH is 2. The predicted molar refractivity (Wildman–Crippen MR) is 139 cm³/mol. The van der Waals surface area contributed by atoms with E-state index in [4.69, 9.17) is 40.6 Å². The Morgan fingerprint density at radius 1 is 1.00 bits per heavy atom. The molecule has 13 heteroatoms. The summed E-state index contributed by atoms with van der Waals surface area (Å²) in [6, 6.07) is 8.41. The summed E-state index contributed by atoms with van der Waals surface area (Å²) < 4.78 is 35.2. The highest BCUT2D eigenvalue weighted by atomic mass is 32.1. The van der Waals surface area contributed by atoms with Crippen molar-refractivity contribution in [3.63, 3.8) is 0 Å². The molecule has 5 unspecified atom stereocenters. The van der Waals surface area contributed by atoms with Gasteiger partial charge in [0.15, 0.2) is 23.9 Å². The summed E-state index contributed by atoms with van der Waals surface area (Å²) in [5.41, 5.74) is -9.60. The van der Waals surface area contributed by atoms with Crippen molar-refractivity contribution < 1.29 is 58.1 Å². The van der Waals surface area contributed by atoms with E-state index in [2.05, 4.69) is 0 Å². The molecule has 3 N–H and O–H groups in total. The molecule has 6 fully saturated rings. The molecule has 0 bridgehead atoms. The van der Waals surface area contributed by atoms with Gasteiger partial charge in [0, 0.05) is 18.1 Å². The van der Waals surface area contributed by atoms with Gasteiger partial charge in [0.2, 0.25) is 11.9 Å². The lowest BCUT2D eigenvalue weighted by Gasteiger charge is -2.47. The van der Waals surface area contributed by atoms with Crippen molar-refractivity contribution >= 4 is 35.4 Å². The van der Waals surface area contributed by atoms with E-state index < -0.39 is 99.2 Å². The number of benzene rings is 1. The van der Waals surface area contributed by atoms with Crippen LogP contribution in [-0.2, 0) is 38.1 Å². The van der Waals surface area contributed by atoms with E-state index in [-0.39, 0.29) is 7.43 Å². The molecular weight excluding hydrogens is 560 g/mol. The molecular formula is C28H32O12S. The summed E-state index contributed by atoms with van der Waals surface area (Å²) in [5, 5.41) is 35.5. The third kappa shape index (κ3) is 2.67. The second-order valence-corrected chi connectivity index (χ2v) is 12.9. The normalized spacial score (nSPS) is 48.3. The number of hydrogen-bond donors (Lipinski definition) is 3. The summed E-state index contributed by atoms with van der Waals surface area (Å²) in [5.74, 6) is -4.99. The highest BCUT2D eigenvalue weighted by Crippen LogP contribution is 2.85. The molecule has 2 aliphatic carbocycles. The topological polar surface area (TPSA) is 167 Å². The zero-order valence-corrected chi connectivity index (χ0v) is 22.7. The Balaban J connectivity index is 0.00000302. The van der Waals surface area contributed by atoms with E-state index in [0.29, 0.717) is 5.75 Å². The largest absolute Gasteiger partial charge is 0.456 e. The molecule has 7 rings (SSSR count). The van der Waals surface area contributed by atoms with Gasteiger partial charge in [-0.05, 0) is 24.5 Å². The van der Waals surface area contributed by atoms with Crippen molar-refractivity contribution in [2.75, 3.05) is 0 Å². The molecule has 2 spiro atoms. The second kappa shape index (κ2) is 8.16. The van der Waals surface area contributed by atoms with Gasteiger partial charge < -0.3 is 43.7 Å². The number of para-hydroxylation sites is 1. The Morgan fingerprint density at radius 3 is 2.29 bits per heavy atom. The smallest absolute Gasteiger partial charge is 0.358 e. The molecule has 1 aromatic rings. The first kappa shape index (κ1) is 28.3. The van der Waals surface area contributed by atoms with Crippen molar-refractivity contribution in [1.82, 2.24) is 0 Å². The number of hydrogen-bond acceptors (Lipinski definition) is 13. The summed E-state index contributed by atoms with van der Waals surface area (Å²) in [6.45, 7) is 6.72. The van der Waals surface area contributed by atoms with Crippen LogP contribution in [0.5, 0.6) is 5.75 Å². The van der Waals surface area contributed by atoms with Crippen LogP contribution >= 0.6 is 12.2 Å². The maximum Gasteiger partial charge on any atom is 0.358 e. The maximum atomic E-state index is 14.0. The fraction of sp³-hybridized carbons (Fsp3) is 0.643. The average molecular weight is 593 g/mol. The number of fused-ring (bicyclic) bond motifs is 1. The molecule has 4 saturated heterocycles. The van der Waals surface area contributed by atoms with Crippen LogP contribution in [0.2, 0.25) is 0 Å². The fourth-order valence-electron chi connectivity index (χ4n) is 9.10. The van der Waals surface area contributed by atoms with Crippen molar-refractivity contribution in [2.24, 2.45) is 28.1 Å². The zero-order chi connectivity index (χ0) is 28.8. The van der Waals surface area contributed by atoms with Crippen LogP contribution in [0, 0.1) is 28.1 Å². The Hall–Kier alpha value is -2.84. The lowest BCUT2D eigenvalue weighted by Crippen LogP contribution is -2.67. The molecule has 12 atom stereocenters. The molecule has 4 aliphatic heterocycles. The minimum Gasteiger partial charge on any atom is -0.456 e. The highest BCUT2D eigenvalue weighted by Gasteiger charge is 3.06. The van der Waals surface area contributed by atoms with Crippen LogP contribution in [0.15, 0.2) is 30.3 Å². The zero-order valence-electron chi connectivity index (χ0n) is 21.9. The molecule has 0 amide bonds. The van der Waals surface area contributed by atoms with Crippen molar-refractivity contribution in [3.8, 4) is 5.75 Å². The lowest BCUT2D eigenvalue weighted by molar-refractivity contribution is -0.240. The van der Waals surface area contributed by atoms with E-state index in [1.54, 1.807) is 51.1 Å². The molecule has 6 aliphatic rings. The maximum absolute atomic E-state index is 14.0. The van der Waals surface area contributed by atoms with Crippen molar-refractivity contribution in [1.29, 1.82) is 0 Å². The average Bonchev–Trinajstić information content (AvgIpc) is 3.57. The van der Waals surface area contributed by atoms with Crippen LogP contribution in [0.4, 0.5) is 0 Å². The first-order valence-corrected chi connectivity index (χ1v) is 13.4. The first-order valence-electron chi connectivity index (χ1n) is 13.0. The molecule has 2 saturated carbocycles. The van der Waals surface area contributed by atoms with E-state index >= 15 is 0 Å². The Kier molecular flexibility index (Phi) is 5.63. The number of carbonyl (C=O) groups excluding carboxylic acids is 3. The van der Waals surface area contributed by atoms with Crippen LogP contribution in [0.25, 0.3) is 0 Å². The molecule has 4 heterocycles. The third-order valence-electron chi connectivity index (χ3n) is 10.1. The summed E-state index contributed by atoms with van der Waals surface area (Å²) in [7, 11) is 0. The minimum absolute atomic E-state index is 0. The second-order valence-electron chi connectivity index (χ2n) is 12.5. The molecule has 0 aromatic heterocycles. The van der Waals surface area contributed by atoms with Gasteiger partial charge in [0.25, 0.3) is 0 Å². The van der Waals surface area contributed by atoms with Crippen LogP contribution in [-0.4, -0.2) is 86.5 Å². The van der Waals surface area contributed by atoms with E-state index in [9.17, 15) is 29.7 Å². The standard InChI is InChI=1S/C27H28O12S.CH4/c1-10-18(30)35-17-16(37-22(40)34-11-8-6-5-7-9-11)25-15-12(28)13(23(2,3)4)24(25)14(29)19(31)38-21(24)39-27(25,20(32)36-15)26(10,17)33;/h5-10,12-17,21,28-29,33H,1-4H3;1H4/t10-,12-,13+,14+,15?,16+,17?,21?,24?,25?,26-,27-;/m1./s1. The number of rotatable bonds is 2. The van der Waals surface area contributed by atoms with Gasteiger partial charge in [0.1, 0.15) is 17.3 Å².